The van der Waals surface area contributed by atoms with Gasteiger partial charge in [-0.05, 0) is 43.3 Å². The number of carbonyl (C=O) groups is 2. The highest BCUT2D eigenvalue weighted by Crippen LogP contribution is 2.15. The number of aldehydes is 1. The zero-order valence-electron chi connectivity index (χ0n) is 11.2. The van der Waals surface area contributed by atoms with Crippen LogP contribution in [0.1, 0.15) is 17.4 Å². The summed E-state index contributed by atoms with van der Waals surface area (Å²) in [6.45, 7) is 2.62. The van der Waals surface area contributed by atoms with Gasteiger partial charge < -0.3 is 14.6 Å². The molecule has 0 saturated heterocycles. The third-order valence-corrected chi connectivity index (χ3v) is 2.75. The molecule has 1 amide bonds. The molecule has 1 N–H and O–H groups in total. The Labute approximate surface area is 117 Å². The fourth-order valence-electron chi connectivity index (χ4n) is 1.83. The Morgan fingerprint density at radius 2 is 2.05 bits per heavy atom. The van der Waals surface area contributed by atoms with Gasteiger partial charge in [-0.3, -0.25) is 9.59 Å². The molecule has 1 aromatic heterocycles. The fourth-order valence-corrected chi connectivity index (χ4v) is 1.83. The minimum atomic E-state index is -0.187. The second-order valence-corrected chi connectivity index (χ2v) is 4.18. The molecule has 0 bridgehead atoms. The van der Waals surface area contributed by atoms with E-state index in [1.165, 1.54) is 0 Å². The molecule has 0 aliphatic carbocycles. The highest BCUT2D eigenvalue weighted by atomic mass is 16.5. The van der Waals surface area contributed by atoms with E-state index < -0.39 is 0 Å². The van der Waals surface area contributed by atoms with Gasteiger partial charge in [-0.25, -0.2) is 0 Å². The van der Waals surface area contributed by atoms with Gasteiger partial charge in [-0.1, -0.05) is 0 Å². The number of ether oxygens (including phenoxy) is 1. The van der Waals surface area contributed by atoms with Crippen LogP contribution in [0.15, 0.2) is 42.6 Å². The van der Waals surface area contributed by atoms with E-state index in [0.29, 0.717) is 18.0 Å². The van der Waals surface area contributed by atoms with E-state index in [1.54, 1.807) is 47.2 Å². The number of nitrogens with zero attached hydrogens (tertiary/aromatic N) is 1. The Morgan fingerprint density at radius 3 is 2.70 bits per heavy atom. The number of hydrogen-bond acceptors (Lipinski definition) is 3. The van der Waals surface area contributed by atoms with Crippen molar-refractivity contribution in [3.05, 3.63) is 48.3 Å². The number of hydrogen-bond donors (Lipinski definition) is 1. The summed E-state index contributed by atoms with van der Waals surface area (Å²) in [4.78, 5) is 22.6. The first kappa shape index (κ1) is 13.9. The van der Waals surface area contributed by atoms with E-state index in [0.717, 1.165) is 12.0 Å². The Balaban J connectivity index is 1.96. The number of benzene rings is 1. The van der Waals surface area contributed by atoms with Crippen LogP contribution in [-0.4, -0.2) is 23.4 Å². The summed E-state index contributed by atoms with van der Waals surface area (Å²) in [7, 11) is 0. The summed E-state index contributed by atoms with van der Waals surface area (Å²) in [5.41, 5.74) is 1.17. The molecule has 0 spiro atoms. The van der Waals surface area contributed by atoms with E-state index in [9.17, 15) is 9.59 Å². The third kappa shape index (κ3) is 3.47. The quantitative estimate of drug-likeness (QED) is 0.821. The lowest BCUT2D eigenvalue weighted by Gasteiger charge is -2.08. The standard InChI is InChI=1S/C15H16N2O3/c1-2-20-14-7-5-12(6-8-14)16-15(19)10-17-9-3-4-13(17)11-18/h3-9,11H,2,10H2,1H3,(H,16,19). The molecule has 0 aliphatic heterocycles. The smallest absolute Gasteiger partial charge is 0.244 e. The largest absolute Gasteiger partial charge is 0.494 e. The van der Waals surface area contributed by atoms with Crippen molar-refractivity contribution < 1.29 is 14.3 Å². The molecule has 0 aliphatic rings. The molecule has 0 atom stereocenters. The van der Waals surface area contributed by atoms with Gasteiger partial charge >= 0.3 is 0 Å². The van der Waals surface area contributed by atoms with Crippen LogP contribution in [0.3, 0.4) is 0 Å². The summed E-state index contributed by atoms with van der Waals surface area (Å²) in [5, 5.41) is 2.77. The predicted octanol–water partition coefficient (Wildman–Crippen LogP) is 2.34. The molecule has 2 aromatic rings. The molecular formula is C15H16N2O3. The molecule has 1 heterocycles. The topological polar surface area (TPSA) is 60.3 Å². The average molecular weight is 272 g/mol. The van der Waals surface area contributed by atoms with Gasteiger partial charge in [-0.2, -0.15) is 0 Å². The Hall–Kier alpha value is -2.56. The van der Waals surface area contributed by atoms with Gasteiger partial charge in [0, 0.05) is 11.9 Å². The van der Waals surface area contributed by atoms with Crippen LogP contribution in [0.4, 0.5) is 5.69 Å². The van der Waals surface area contributed by atoms with Crippen molar-refractivity contribution in [1.82, 2.24) is 4.57 Å². The maximum atomic E-state index is 11.9. The maximum absolute atomic E-state index is 11.9. The van der Waals surface area contributed by atoms with Crippen molar-refractivity contribution >= 4 is 17.9 Å². The molecule has 5 nitrogen and oxygen atoms in total. The SMILES string of the molecule is CCOc1ccc(NC(=O)Cn2cccc2C=O)cc1. The van der Waals surface area contributed by atoms with Crippen LogP contribution in [-0.2, 0) is 11.3 Å². The van der Waals surface area contributed by atoms with E-state index in [2.05, 4.69) is 5.32 Å². The molecule has 0 unspecified atom stereocenters. The molecule has 0 saturated carbocycles. The summed E-state index contributed by atoms with van der Waals surface area (Å²) in [6.07, 6.45) is 2.42. The second kappa shape index (κ2) is 6.56. The molecular weight excluding hydrogens is 256 g/mol. The molecule has 0 fully saturated rings. The summed E-state index contributed by atoms with van der Waals surface area (Å²) in [6, 6.07) is 10.5. The van der Waals surface area contributed by atoms with Gasteiger partial charge in [0.1, 0.15) is 12.3 Å². The van der Waals surface area contributed by atoms with Gasteiger partial charge in [0.25, 0.3) is 0 Å². The van der Waals surface area contributed by atoms with Gasteiger partial charge in [-0.15, -0.1) is 0 Å². The third-order valence-electron chi connectivity index (χ3n) is 2.75. The second-order valence-electron chi connectivity index (χ2n) is 4.18. The van der Waals surface area contributed by atoms with Crippen LogP contribution in [0.25, 0.3) is 0 Å². The van der Waals surface area contributed by atoms with Crippen LogP contribution in [0.2, 0.25) is 0 Å². The normalized spacial score (nSPS) is 10.1. The highest BCUT2D eigenvalue weighted by Gasteiger charge is 2.06. The maximum Gasteiger partial charge on any atom is 0.244 e. The number of nitrogens with one attached hydrogen (secondary N) is 1. The van der Waals surface area contributed by atoms with Crippen molar-refractivity contribution in [2.45, 2.75) is 13.5 Å². The molecule has 0 radical (unpaired) electrons. The highest BCUT2D eigenvalue weighted by molar-refractivity contribution is 5.91. The molecule has 104 valence electrons. The average Bonchev–Trinajstić information content (AvgIpc) is 2.88. The molecule has 1 aromatic carbocycles. The first-order chi connectivity index (χ1) is 9.72. The summed E-state index contributed by atoms with van der Waals surface area (Å²) in [5.74, 6) is 0.576. The van der Waals surface area contributed by atoms with Crippen molar-refractivity contribution in [2.75, 3.05) is 11.9 Å². The van der Waals surface area contributed by atoms with Gasteiger partial charge in [0.05, 0.1) is 12.3 Å². The first-order valence-corrected chi connectivity index (χ1v) is 6.36. The Kier molecular flexibility index (Phi) is 4.55. The van der Waals surface area contributed by atoms with Crippen molar-refractivity contribution in [2.24, 2.45) is 0 Å². The van der Waals surface area contributed by atoms with Crippen molar-refractivity contribution in [1.29, 1.82) is 0 Å². The van der Waals surface area contributed by atoms with Crippen LogP contribution >= 0.6 is 0 Å². The minimum absolute atomic E-state index is 0.105. The van der Waals surface area contributed by atoms with Gasteiger partial charge in [0.15, 0.2) is 6.29 Å². The Bertz CT molecular complexity index is 587. The van der Waals surface area contributed by atoms with E-state index in [-0.39, 0.29) is 12.5 Å². The lowest BCUT2D eigenvalue weighted by atomic mass is 10.3. The zero-order valence-corrected chi connectivity index (χ0v) is 11.2. The molecule has 20 heavy (non-hydrogen) atoms. The van der Waals surface area contributed by atoms with Crippen molar-refractivity contribution in [3.63, 3.8) is 0 Å². The number of rotatable bonds is 6. The van der Waals surface area contributed by atoms with E-state index in [1.807, 2.05) is 6.92 Å². The van der Waals surface area contributed by atoms with E-state index in [4.69, 9.17) is 4.74 Å². The van der Waals surface area contributed by atoms with Crippen molar-refractivity contribution in [3.8, 4) is 5.75 Å². The number of carbonyl (C=O) groups excluding carboxylic acids is 2. The molecule has 2 rings (SSSR count). The minimum Gasteiger partial charge on any atom is -0.494 e. The fraction of sp³-hybridized carbons (Fsp3) is 0.200. The lowest BCUT2D eigenvalue weighted by molar-refractivity contribution is -0.116. The number of aromatic nitrogens is 1. The van der Waals surface area contributed by atoms with Gasteiger partial charge in [0.2, 0.25) is 5.91 Å². The number of amides is 1. The monoisotopic (exact) mass is 272 g/mol. The number of anilines is 1. The predicted molar refractivity (Wildman–Crippen MR) is 76.1 cm³/mol. The lowest BCUT2D eigenvalue weighted by Crippen LogP contribution is -2.19. The van der Waals surface area contributed by atoms with Crippen LogP contribution in [0.5, 0.6) is 5.75 Å². The zero-order chi connectivity index (χ0) is 14.4. The summed E-state index contributed by atoms with van der Waals surface area (Å²) < 4.78 is 6.92. The summed E-state index contributed by atoms with van der Waals surface area (Å²) >= 11 is 0. The van der Waals surface area contributed by atoms with Crippen LogP contribution in [0, 0.1) is 0 Å². The Morgan fingerprint density at radius 1 is 1.30 bits per heavy atom. The van der Waals surface area contributed by atoms with Crippen LogP contribution < -0.4 is 10.1 Å². The van der Waals surface area contributed by atoms with E-state index >= 15 is 0 Å². The molecule has 5 heteroatoms. The first-order valence-electron chi connectivity index (χ1n) is 6.36.